The molecule has 8 heteroatoms. The van der Waals surface area contributed by atoms with Crippen LogP contribution in [0.25, 0.3) is 0 Å². The van der Waals surface area contributed by atoms with Gasteiger partial charge in [-0.25, -0.2) is 4.98 Å². The number of carbonyl (C=O) groups is 1. The number of pyridine rings is 1. The summed E-state index contributed by atoms with van der Waals surface area (Å²) in [7, 11) is 0. The van der Waals surface area contributed by atoms with E-state index in [1.54, 1.807) is 25.1 Å². The summed E-state index contributed by atoms with van der Waals surface area (Å²) < 4.78 is 48.4. The second kappa shape index (κ2) is 7.66. The molecule has 2 aromatic rings. The highest BCUT2D eigenvalue weighted by Crippen LogP contribution is 2.30. The number of ether oxygens (including phenoxy) is 2. The van der Waals surface area contributed by atoms with E-state index in [1.165, 1.54) is 12.1 Å². The highest BCUT2D eigenvalue weighted by molar-refractivity contribution is 5.93. The summed E-state index contributed by atoms with van der Waals surface area (Å²) in [6.45, 7) is 1.64. The Hall–Kier alpha value is -3.08. The number of nitrogens with zero attached hydrogens (tertiary/aromatic N) is 2. The summed E-state index contributed by atoms with van der Waals surface area (Å²) in [5, 5.41) is 8.48. The molecule has 0 N–H and O–H groups in total. The predicted octanol–water partition coefficient (Wildman–Crippen LogP) is 4.14. The molecule has 25 heavy (non-hydrogen) atoms. The maximum absolute atomic E-state index is 12.5. The van der Waals surface area contributed by atoms with Crippen molar-refractivity contribution >= 4 is 5.78 Å². The first kappa shape index (κ1) is 18.3. The molecule has 0 aliphatic rings. The van der Waals surface area contributed by atoms with Crippen molar-refractivity contribution in [3.05, 3.63) is 48.2 Å². The number of Topliss-reactive ketones (excluding diaryl/α,β-unsaturated/α-hetero) is 1. The van der Waals surface area contributed by atoms with E-state index in [2.05, 4.69) is 4.98 Å². The third-order valence-electron chi connectivity index (χ3n) is 3.03. The normalized spacial score (nSPS) is 12.1. The maximum atomic E-state index is 12.5. The Morgan fingerprint density at radius 2 is 2.00 bits per heavy atom. The van der Waals surface area contributed by atoms with Crippen molar-refractivity contribution in [3.63, 3.8) is 0 Å². The number of carbonyl (C=O) groups excluding carboxylic acids is 1. The lowest BCUT2D eigenvalue weighted by molar-refractivity contribution is -0.137. The highest BCUT2D eigenvalue weighted by atomic mass is 19.4. The Balaban J connectivity index is 2.04. The van der Waals surface area contributed by atoms with Gasteiger partial charge in [0.05, 0.1) is 12.0 Å². The maximum Gasteiger partial charge on any atom is 0.417 e. The number of aromatic nitrogens is 1. The van der Waals surface area contributed by atoms with E-state index in [1.807, 2.05) is 0 Å². The van der Waals surface area contributed by atoms with Crippen molar-refractivity contribution in [3.8, 4) is 23.4 Å². The number of halogens is 3. The first-order valence-corrected chi connectivity index (χ1v) is 7.18. The Bertz CT molecular complexity index is 783. The van der Waals surface area contributed by atoms with Gasteiger partial charge in [-0.2, -0.15) is 18.4 Å². The summed E-state index contributed by atoms with van der Waals surface area (Å²) in [5.41, 5.74) is -0.868. The third kappa shape index (κ3) is 5.49. The predicted molar refractivity (Wildman–Crippen MR) is 81.1 cm³/mol. The molecule has 1 aromatic carbocycles. The Labute approximate surface area is 141 Å². The number of hydrogen-bond acceptors (Lipinski definition) is 5. The molecular weight excluding hydrogens is 337 g/mol. The van der Waals surface area contributed by atoms with E-state index in [0.717, 1.165) is 12.1 Å². The molecular formula is C17H13F3N2O3. The van der Waals surface area contributed by atoms with Crippen LogP contribution >= 0.6 is 0 Å². The summed E-state index contributed by atoms with van der Waals surface area (Å²) in [6, 6.07) is 9.83. The minimum atomic E-state index is -4.46. The van der Waals surface area contributed by atoms with Gasteiger partial charge in [-0.15, -0.1) is 0 Å². The molecule has 1 unspecified atom stereocenters. The standard InChI is InChI=1S/C17H13F3N2O3/c1-11(7-13(23)9-21)24-14-3-2-4-15(8-14)25-16-6-5-12(10-22-16)17(18,19)20/h2-6,8,10-11H,7H2,1H3. The van der Waals surface area contributed by atoms with Crippen LogP contribution in [-0.2, 0) is 11.0 Å². The zero-order valence-electron chi connectivity index (χ0n) is 13.1. The average Bonchev–Trinajstić information content (AvgIpc) is 2.54. The topological polar surface area (TPSA) is 72.2 Å². The van der Waals surface area contributed by atoms with E-state index in [0.29, 0.717) is 17.7 Å². The van der Waals surface area contributed by atoms with Crippen LogP contribution in [0.1, 0.15) is 18.9 Å². The SMILES string of the molecule is CC(CC(=O)C#N)Oc1cccc(Oc2ccc(C(F)(F)F)cn2)c1. The fourth-order valence-corrected chi connectivity index (χ4v) is 1.92. The highest BCUT2D eigenvalue weighted by Gasteiger charge is 2.30. The lowest BCUT2D eigenvalue weighted by atomic mass is 10.2. The second-order valence-electron chi connectivity index (χ2n) is 5.13. The van der Waals surface area contributed by atoms with Gasteiger partial charge in [0.15, 0.2) is 0 Å². The molecule has 0 spiro atoms. The van der Waals surface area contributed by atoms with E-state index >= 15 is 0 Å². The summed E-state index contributed by atoms with van der Waals surface area (Å²) in [5.74, 6) is 0.109. The van der Waals surface area contributed by atoms with E-state index in [9.17, 15) is 18.0 Å². The van der Waals surface area contributed by atoms with Crippen LogP contribution in [0.4, 0.5) is 13.2 Å². The van der Waals surface area contributed by atoms with Crippen molar-refractivity contribution in [2.24, 2.45) is 0 Å². The van der Waals surface area contributed by atoms with E-state index in [-0.39, 0.29) is 12.3 Å². The number of rotatable bonds is 6. The summed E-state index contributed by atoms with van der Waals surface area (Å²) in [6.07, 6.45) is -4.34. The quantitative estimate of drug-likeness (QED) is 0.732. The van der Waals surface area contributed by atoms with Crippen LogP contribution in [0.3, 0.4) is 0 Å². The van der Waals surface area contributed by atoms with Crippen LogP contribution in [0.2, 0.25) is 0 Å². The Morgan fingerprint density at radius 3 is 2.60 bits per heavy atom. The van der Waals surface area contributed by atoms with Gasteiger partial charge in [-0.3, -0.25) is 4.79 Å². The molecule has 0 amide bonds. The molecule has 0 radical (unpaired) electrons. The van der Waals surface area contributed by atoms with Gasteiger partial charge in [0, 0.05) is 18.3 Å². The zero-order valence-corrected chi connectivity index (χ0v) is 13.1. The van der Waals surface area contributed by atoms with Gasteiger partial charge >= 0.3 is 6.18 Å². The number of alkyl halides is 3. The van der Waals surface area contributed by atoms with Crippen molar-refractivity contribution < 1.29 is 27.4 Å². The monoisotopic (exact) mass is 350 g/mol. The number of nitriles is 1. The Kier molecular flexibility index (Phi) is 5.60. The van der Waals surface area contributed by atoms with Crippen molar-refractivity contribution in [2.75, 3.05) is 0 Å². The van der Waals surface area contributed by atoms with Crippen molar-refractivity contribution in [2.45, 2.75) is 25.6 Å². The molecule has 0 aliphatic heterocycles. The third-order valence-corrected chi connectivity index (χ3v) is 3.03. The van der Waals surface area contributed by atoms with Gasteiger partial charge in [0.2, 0.25) is 11.7 Å². The molecule has 130 valence electrons. The molecule has 1 atom stereocenters. The van der Waals surface area contributed by atoms with Gasteiger partial charge < -0.3 is 9.47 Å². The summed E-state index contributed by atoms with van der Waals surface area (Å²) >= 11 is 0. The first-order valence-electron chi connectivity index (χ1n) is 7.18. The fraction of sp³-hybridized carbons (Fsp3) is 0.235. The minimum absolute atomic E-state index is 0.00198. The second-order valence-corrected chi connectivity index (χ2v) is 5.13. The van der Waals surface area contributed by atoms with Crippen LogP contribution in [0, 0.1) is 11.3 Å². The molecule has 0 fully saturated rings. The number of benzene rings is 1. The lowest BCUT2D eigenvalue weighted by Gasteiger charge is -2.13. The van der Waals surface area contributed by atoms with Crippen LogP contribution in [-0.4, -0.2) is 16.9 Å². The number of hydrogen-bond donors (Lipinski definition) is 0. The lowest BCUT2D eigenvalue weighted by Crippen LogP contribution is -2.16. The van der Waals surface area contributed by atoms with Gasteiger partial charge in [0.1, 0.15) is 23.7 Å². The molecule has 1 aromatic heterocycles. The number of ketones is 1. The molecule has 0 bridgehead atoms. The van der Waals surface area contributed by atoms with Crippen LogP contribution in [0.15, 0.2) is 42.6 Å². The molecule has 1 heterocycles. The molecule has 0 saturated heterocycles. The average molecular weight is 350 g/mol. The van der Waals surface area contributed by atoms with Crippen LogP contribution in [0.5, 0.6) is 17.4 Å². The first-order chi connectivity index (χ1) is 11.8. The molecule has 5 nitrogen and oxygen atoms in total. The van der Waals surface area contributed by atoms with Gasteiger partial charge in [-0.1, -0.05) is 6.07 Å². The van der Waals surface area contributed by atoms with Crippen molar-refractivity contribution in [1.82, 2.24) is 4.98 Å². The molecule has 2 rings (SSSR count). The van der Waals surface area contributed by atoms with Gasteiger partial charge in [0.25, 0.3) is 0 Å². The minimum Gasteiger partial charge on any atom is -0.490 e. The Morgan fingerprint density at radius 1 is 1.28 bits per heavy atom. The van der Waals surface area contributed by atoms with E-state index < -0.39 is 23.6 Å². The molecule has 0 saturated carbocycles. The molecule has 0 aliphatic carbocycles. The zero-order chi connectivity index (χ0) is 18.4. The smallest absolute Gasteiger partial charge is 0.417 e. The summed E-state index contributed by atoms with van der Waals surface area (Å²) in [4.78, 5) is 14.7. The van der Waals surface area contributed by atoms with E-state index in [4.69, 9.17) is 14.7 Å². The van der Waals surface area contributed by atoms with Gasteiger partial charge in [-0.05, 0) is 25.1 Å². The van der Waals surface area contributed by atoms with Crippen molar-refractivity contribution in [1.29, 1.82) is 5.26 Å². The van der Waals surface area contributed by atoms with Crippen LogP contribution < -0.4 is 9.47 Å². The fourth-order valence-electron chi connectivity index (χ4n) is 1.92. The largest absolute Gasteiger partial charge is 0.490 e.